The van der Waals surface area contributed by atoms with E-state index in [-0.39, 0.29) is 0 Å². The molecule has 0 aliphatic carbocycles. The Bertz CT molecular complexity index is 119. The number of aliphatic hydroxyl groups is 1. The molecule has 66 valence electrons. The van der Waals surface area contributed by atoms with Gasteiger partial charge < -0.3 is 5.11 Å². The number of hydrogen-bond donors (Lipinski definition) is 1. The molecule has 0 bridgehead atoms. The van der Waals surface area contributed by atoms with Crippen molar-refractivity contribution in [2.45, 2.75) is 52.1 Å². The lowest BCUT2D eigenvalue weighted by molar-refractivity contribution is 0.0689. The van der Waals surface area contributed by atoms with Crippen LogP contribution in [0.15, 0.2) is 12.2 Å². The van der Waals surface area contributed by atoms with Crippen molar-refractivity contribution in [3.63, 3.8) is 0 Å². The van der Waals surface area contributed by atoms with E-state index in [9.17, 15) is 5.11 Å². The van der Waals surface area contributed by atoms with Crippen LogP contribution < -0.4 is 0 Å². The highest BCUT2D eigenvalue weighted by Crippen LogP contribution is 2.15. The lowest BCUT2D eigenvalue weighted by Crippen LogP contribution is -2.17. The maximum absolute atomic E-state index is 9.37. The Morgan fingerprint density at radius 1 is 1.45 bits per heavy atom. The summed E-state index contributed by atoms with van der Waals surface area (Å²) in [5.41, 5.74) is 0.780. The van der Waals surface area contributed by atoms with Crippen LogP contribution in [0.2, 0.25) is 0 Å². The monoisotopic (exact) mass is 156 g/mol. The summed E-state index contributed by atoms with van der Waals surface area (Å²) in [7, 11) is 0. The summed E-state index contributed by atoms with van der Waals surface area (Å²) < 4.78 is 0. The van der Waals surface area contributed by atoms with Crippen LogP contribution >= 0.6 is 0 Å². The van der Waals surface area contributed by atoms with Crippen LogP contribution in [0.4, 0.5) is 0 Å². The molecule has 0 spiro atoms. The molecule has 1 heteroatoms. The Morgan fingerprint density at radius 3 is 2.36 bits per heavy atom. The molecule has 0 radical (unpaired) electrons. The Kier molecular flexibility index (Phi) is 4.43. The minimum Gasteiger partial charge on any atom is -0.390 e. The molecular weight excluding hydrogens is 136 g/mol. The van der Waals surface area contributed by atoms with Crippen LogP contribution in [0.1, 0.15) is 46.5 Å². The molecule has 0 aliphatic heterocycles. The van der Waals surface area contributed by atoms with E-state index in [1.807, 2.05) is 13.8 Å². The average Bonchev–Trinajstić information content (AvgIpc) is 1.85. The van der Waals surface area contributed by atoms with Gasteiger partial charge in [0.25, 0.3) is 0 Å². The molecule has 0 unspecified atom stereocenters. The Labute approximate surface area is 70.1 Å². The molecule has 1 nitrogen and oxygen atoms in total. The van der Waals surface area contributed by atoms with Crippen molar-refractivity contribution >= 4 is 0 Å². The molecule has 1 N–H and O–H groups in total. The minimum atomic E-state index is -0.506. The fourth-order valence-corrected chi connectivity index (χ4v) is 0.948. The lowest BCUT2D eigenvalue weighted by Gasteiger charge is -2.16. The minimum absolute atomic E-state index is 0.506. The van der Waals surface area contributed by atoms with Crippen molar-refractivity contribution in [2.24, 2.45) is 0 Å². The number of hydrogen-bond acceptors (Lipinski definition) is 1. The summed E-state index contributed by atoms with van der Waals surface area (Å²) >= 11 is 0. The Balaban J connectivity index is 3.35. The van der Waals surface area contributed by atoms with Crippen LogP contribution in [-0.2, 0) is 0 Å². The van der Waals surface area contributed by atoms with Crippen LogP contribution in [-0.4, -0.2) is 10.7 Å². The molecule has 0 aromatic rings. The Hall–Kier alpha value is -0.300. The first kappa shape index (κ1) is 10.7. The zero-order valence-corrected chi connectivity index (χ0v) is 7.98. The highest BCUT2D eigenvalue weighted by molar-refractivity contribution is 4.92. The van der Waals surface area contributed by atoms with E-state index in [0.717, 1.165) is 25.7 Å². The predicted octanol–water partition coefficient (Wildman–Crippen LogP) is 2.89. The van der Waals surface area contributed by atoms with Gasteiger partial charge in [-0.2, -0.15) is 0 Å². The van der Waals surface area contributed by atoms with Gasteiger partial charge in [0.1, 0.15) is 0 Å². The normalized spacial score (nSPS) is 11.6. The largest absolute Gasteiger partial charge is 0.390 e. The lowest BCUT2D eigenvalue weighted by atomic mass is 9.99. The summed E-state index contributed by atoms with van der Waals surface area (Å²) in [4.78, 5) is 0. The predicted molar refractivity (Wildman–Crippen MR) is 49.6 cm³/mol. The van der Waals surface area contributed by atoms with Gasteiger partial charge in [0, 0.05) is 0 Å². The molecule has 11 heavy (non-hydrogen) atoms. The maximum atomic E-state index is 9.37. The molecule has 0 aromatic heterocycles. The van der Waals surface area contributed by atoms with E-state index in [2.05, 4.69) is 13.5 Å². The van der Waals surface area contributed by atoms with Gasteiger partial charge in [0.2, 0.25) is 0 Å². The highest BCUT2D eigenvalue weighted by Gasteiger charge is 2.10. The van der Waals surface area contributed by atoms with Crippen LogP contribution in [0.3, 0.4) is 0 Å². The van der Waals surface area contributed by atoms with Crippen LogP contribution in [0, 0.1) is 0 Å². The number of allylic oxidation sites excluding steroid dienone is 1. The fraction of sp³-hybridized carbons (Fsp3) is 0.800. The highest BCUT2D eigenvalue weighted by atomic mass is 16.3. The van der Waals surface area contributed by atoms with Gasteiger partial charge in [0.15, 0.2) is 0 Å². The first-order chi connectivity index (χ1) is 4.95. The molecule has 0 aromatic carbocycles. The van der Waals surface area contributed by atoms with Gasteiger partial charge in [0.05, 0.1) is 5.60 Å². The SMILES string of the molecule is C=C(CC)CCCC(C)(C)O. The zero-order valence-electron chi connectivity index (χ0n) is 7.98. The van der Waals surface area contributed by atoms with Crippen molar-refractivity contribution in [3.05, 3.63) is 12.2 Å². The summed E-state index contributed by atoms with van der Waals surface area (Å²) in [6.45, 7) is 9.73. The van der Waals surface area contributed by atoms with E-state index in [0.29, 0.717) is 0 Å². The van der Waals surface area contributed by atoms with Crippen LogP contribution in [0.25, 0.3) is 0 Å². The van der Waals surface area contributed by atoms with Crippen LogP contribution in [0.5, 0.6) is 0 Å². The van der Waals surface area contributed by atoms with Gasteiger partial charge in [-0.25, -0.2) is 0 Å². The van der Waals surface area contributed by atoms with Crippen molar-refractivity contribution in [2.75, 3.05) is 0 Å². The molecule has 0 heterocycles. The second-order valence-corrected chi connectivity index (χ2v) is 3.77. The Morgan fingerprint density at radius 2 is 2.00 bits per heavy atom. The smallest absolute Gasteiger partial charge is 0.0591 e. The third kappa shape index (κ3) is 7.60. The van der Waals surface area contributed by atoms with Crippen molar-refractivity contribution in [1.82, 2.24) is 0 Å². The van der Waals surface area contributed by atoms with Gasteiger partial charge in [-0.05, 0) is 39.5 Å². The maximum Gasteiger partial charge on any atom is 0.0591 e. The third-order valence-electron chi connectivity index (χ3n) is 1.82. The first-order valence-corrected chi connectivity index (χ1v) is 4.34. The topological polar surface area (TPSA) is 20.2 Å². The molecule has 0 rings (SSSR count). The van der Waals surface area contributed by atoms with E-state index in [1.165, 1.54) is 5.57 Å². The van der Waals surface area contributed by atoms with Crippen molar-refractivity contribution in [3.8, 4) is 0 Å². The molecule has 0 atom stereocenters. The first-order valence-electron chi connectivity index (χ1n) is 4.34. The molecule has 0 fully saturated rings. The van der Waals surface area contributed by atoms with E-state index >= 15 is 0 Å². The molecule has 0 amide bonds. The molecular formula is C10H20O. The second-order valence-electron chi connectivity index (χ2n) is 3.77. The van der Waals surface area contributed by atoms with Gasteiger partial charge in [-0.1, -0.05) is 19.1 Å². The van der Waals surface area contributed by atoms with E-state index in [4.69, 9.17) is 0 Å². The van der Waals surface area contributed by atoms with Gasteiger partial charge in [-0.15, -0.1) is 0 Å². The third-order valence-corrected chi connectivity index (χ3v) is 1.82. The van der Waals surface area contributed by atoms with Crippen molar-refractivity contribution in [1.29, 1.82) is 0 Å². The van der Waals surface area contributed by atoms with Gasteiger partial charge >= 0.3 is 0 Å². The van der Waals surface area contributed by atoms with E-state index in [1.54, 1.807) is 0 Å². The zero-order chi connectivity index (χ0) is 8.91. The van der Waals surface area contributed by atoms with E-state index < -0.39 is 5.60 Å². The summed E-state index contributed by atoms with van der Waals surface area (Å²) in [5.74, 6) is 0. The number of rotatable bonds is 5. The van der Waals surface area contributed by atoms with Crippen molar-refractivity contribution < 1.29 is 5.11 Å². The quantitative estimate of drug-likeness (QED) is 0.607. The molecule has 0 saturated heterocycles. The summed E-state index contributed by atoms with van der Waals surface area (Å²) in [5, 5.41) is 9.37. The standard InChI is InChI=1S/C10H20O/c1-5-9(2)7-6-8-10(3,4)11/h11H,2,5-8H2,1,3-4H3. The molecule has 0 saturated carbocycles. The molecule has 0 aliphatic rings. The summed E-state index contributed by atoms with van der Waals surface area (Å²) in [6.07, 6.45) is 4.04. The van der Waals surface area contributed by atoms with Gasteiger partial charge in [-0.3, -0.25) is 0 Å². The second kappa shape index (κ2) is 4.55. The summed E-state index contributed by atoms with van der Waals surface area (Å²) in [6, 6.07) is 0. The fourth-order valence-electron chi connectivity index (χ4n) is 0.948. The average molecular weight is 156 g/mol.